The Hall–Kier alpha value is -1.79. The number of methoxy groups -OCH3 is 2. The molecule has 0 radical (unpaired) electrons. The maximum atomic E-state index is 12.4. The van der Waals surface area contributed by atoms with Gasteiger partial charge in [0.15, 0.2) is 16.6 Å². The van der Waals surface area contributed by atoms with Crippen molar-refractivity contribution >= 4 is 28.6 Å². The fourth-order valence-electron chi connectivity index (χ4n) is 4.46. The molecule has 2 rings (SSSR count). The third-order valence-corrected chi connectivity index (χ3v) is 18.7. The van der Waals surface area contributed by atoms with Crippen molar-refractivity contribution in [2.75, 3.05) is 40.5 Å². The summed E-state index contributed by atoms with van der Waals surface area (Å²) in [6.07, 6.45) is 3.29. The third-order valence-electron chi connectivity index (χ3n) is 9.71. The van der Waals surface area contributed by atoms with Crippen LogP contribution in [0.2, 0.25) is 36.3 Å². The van der Waals surface area contributed by atoms with Crippen molar-refractivity contribution in [3.63, 3.8) is 0 Å². The van der Waals surface area contributed by atoms with Crippen LogP contribution in [0.3, 0.4) is 0 Å². The molecular weight excluding hydrogens is 587 g/mol. The molecular formula is C35H63NO6Si2. The summed E-state index contributed by atoms with van der Waals surface area (Å²) >= 11 is 0. The van der Waals surface area contributed by atoms with Crippen molar-refractivity contribution in [1.29, 1.82) is 0 Å². The number of benzene rings is 1. The summed E-state index contributed by atoms with van der Waals surface area (Å²) in [4.78, 5) is 25.7. The molecule has 1 heterocycles. The highest BCUT2D eigenvalue weighted by Crippen LogP contribution is 2.39. The summed E-state index contributed by atoms with van der Waals surface area (Å²) in [5.41, 5.74) is 1.28. The molecule has 0 aliphatic carbocycles. The number of ether oxygens (including phenoxy) is 2. The molecule has 0 spiro atoms. The molecule has 1 aromatic carbocycles. The number of hydrogen-bond donors (Lipinski definition) is 0. The lowest BCUT2D eigenvalue weighted by molar-refractivity contribution is -0.147. The van der Waals surface area contributed by atoms with Gasteiger partial charge in [0, 0.05) is 38.9 Å². The number of carbonyl (C=O) groups excluding carboxylic acids is 2. The molecule has 9 heteroatoms. The van der Waals surface area contributed by atoms with Gasteiger partial charge in [-0.15, -0.1) is 0 Å². The van der Waals surface area contributed by atoms with Crippen molar-refractivity contribution in [3.05, 3.63) is 48.0 Å². The van der Waals surface area contributed by atoms with E-state index in [2.05, 4.69) is 109 Å². The summed E-state index contributed by atoms with van der Waals surface area (Å²) in [6.45, 7) is 30.6. The fourth-order valence-corrected chi connectivity index (χ4v) is 6.69. The fraction of sp³-hybridized carbons (Fsp3) is 0.714. The van der Waals surface area contributed by atoms with Gasteiger partial charge in [-0.2, -0.15) is 0 Å². The van der Waals surface area contributed by atoms with E-state index < -0.39 is 16.6 Å². The first-order valence-electron chi connectivity index (χ1n) is 16.0. The molecule has 1 aromatic rings. The molecule has 0 N–H and O–H groups in total. The predicted molar refractivity (Wildman–Crippen MR) is 186 cm³/mol. The normalized spacial score (nSPS) is 19.7. The van der Waals surface area contributed by atoms with Crippen LogP contribution in [-0.4, -0.2) is 74.0 Å². The topological polar surface area (TPSA) is 74.3 Å². The molecule has 252 valence electrons. The molecule has 0 aromatic heterocycles. The van der Waals surface area contributed by atoms with Crippen LogP contribution in [0.15, 0.2) is 42.5 Å². The van der Waals surface area contributed by atoms with E-state index in [9.17, 15) is 9.59 Å². The molecule has 1 aliphatic heterocycles. The molecule has 1 aliphatic rings. The Morgan fingerprint density at radius 2 is 1.39 bits per heavy atom. The average Bonchev–Trinajstić information content (AvgIpc) is 3.36. The first-order chi connectivity index (χ1) is 20.1. The van der Waals surface area contributed by atoms with E-state index in [0.717, 1.165) is 19.6 Å². The van der Waals surface area contributed by atoms with Crippen molar-refractivity contribution in [2.24, 2.45) is 23.7 Å². The molecule has 0 saturated carbocycles. The third kappa shape index (κ3) is 12.9. The van der Waals surface area contributed by atoms with Crippen molar-refractivity contribution in [1.82, 2.24) is 4.90 Å². The molecule has 0 amide bonds. The Morgan fingerprint density at radius 1 is 0.864 bits per heavy atom. The molecule has 0 bridgehead atoms. The molecule has 44 heavy (non-hydrogen) atoms. The van der Waals surface area contributed by atoms with E-state index in [1.165, 1.54) is 25.9 Å². The Bertz CT molecular complexity index is 1050. The molecule has 1 fully saturated rings. The van der Waals surface area contributed by atoms with Crippen LogP contribution in [-0.2, 0) is 34.5 Å². The largest absolute Gasteiger partial charge is 0.469 e. The zero-order valence-corrected chi connectivity index (χ0v) is 32.3. The van der Waals surface area contributed by atoms with Gasteiger partial charge in [-0.3, -0.25) is 9.69 Å². The first kappa shape index (κ1) is 40.2. The summed E-state index contributed by atoms with van der Waals surface area (Å²) in [6, 6.07) is 10.5. The van der Waals surface area contributed by atoms with Gasteiger partial charge in [-0.25, -0.2) is 4.79 Å². The van der Waals surface area contributed by atoms with E-state index in [-0.39, 0.29) is 39.8 Å². The smallest absolute Gasteiger partial charge is 0.330 e. The van der Waals surface area contributed by atoms with Gasteiger partial charge in [0.05, 0.1) is 20.1 Å². The van der Waals surface area contributed by atoms with E-state index >= 15 is 0 Å². The minimum Gasteiger partial charge on any atom is -0.469 e. The van der Waals surface area contributed by atoms with Crippen LogP contribution in [0.25, 0.3) is 0 Å². The van der Waals surface area contributed by atoms with Crippen LogP contribution in [0, 0.1) is 23.7 Å². The van der Waals surface area contributed by atoms with E-state index in [4.69, 9.17) is 13.6 Å². The minimum atomic E-state index is -1.78. The maximum absolute atomic E-state index is 12.4. The van der Waals surface area contributed by atoms with Gasteiger partial charge in [-0.05, 0) is 59.6 Å². The zero-order valence-electron chi connectivity index (χ0n) is 30.3. The lowest BCUT2D eigenvalue weighted by atomic mass is 9.85. The molecule has 7 nitrogen and oxygen atoms in total. The summed E-state index contributed by atoms with van der Waals surface area (Å²) < 4.78 is 22.2. The number of nitrogens with zero attached hydrogens (tertiary/aromatic N) is 1. The van der Waals surface area contributed by atoms with Gasteiger partial charge in [0.2, 0.25) is 0 Å². The Kier molecular flexibility index (Phi) is 15.7. The second kappa shape index (κ2) is 17.2. The number of rotatable bonds is 12. The van der Waals surface area contributed by atoms with E-state index in [0.29, 0.717) is 19.1 Å². The summed E-state index contributed by atoms with van der Waals surface area (Å²) in [5.74, 6) is 0.341. The number of hydrogen-bond acceptors (Lipinski definition) is 7. The average molecular weight is 650 g/mol. The Labute approximate surface area is 271 Å². The highest BCUT2D eigenvalue weighted by molar-refractivity contribution is 6.74. The number of likely N-dealkylation sites (tertiary alicyclic amines) is 1. The highest BCUT2D eigenvalue weighted by atomic mass is 28.4. The zero-order chi connectivity index (χ0) is 33.9. The second-order valence-electron chi connectivity index (χ2n) is 15.5. The Morgan fingerprint density at radius 3 is 1.86 bits per heavy atom. The van der Waals surface area contributed by atoms with Crippen molar-refractivity contribution < 1.29 is 27.9 Å². The minimum absolute atomic E-state index is 0.0725. The van der Waals surface area contributed by atoms with Gasteiger partial charge in [0.25, 0.3) is 0 Å². The van der Waals surface area contributed by atoms with Crippen LogP contribution in [0.1, 0.15) is 61.0 Å². The van der Waals surface area contributed by atoms with Crippen LogP contribution < -0.4 is 0 Å². The van der Waals surface area contributed by atoms with Crippen LogP contribution >= 0.6 is 0 Å². The maximum Gasteiger partial charge on any atom is 0.330 e. The predicted octanol–water partition coefficient (Wildman–Crippen LogP) is 7.94. The monoisotopic (exact) mass is 649 g/mol. The molecule has 1 saturated heterocycles. The van der Waals surface area contributed by atoms with Gasteiger partial charge < -0.3 is 18.3 Å². The van der Waals surface area contributed by atoms with E-state index in [1.54, 1.807) is 0 Å². The number of esters is 2. The quantitative estimate of drug-likeness (QED) is 0.129. The van der Waals surface area contributed by atoms with Gasteiger partial charge in [-0.1, -0.05) is 91.8 Å². The van der Waals surface area contributed by atoms with E-state index in [1.807, 2.05) is 19.1 Å². The number of carbonyl (C=O) groups is 2. The standard InChI is InChI=1S/C22H37NO3Si.C13H26O3Si/c1-17(16-26-27(6,7)22(2,3)4)19-14-23(15-20(19)21(24)25-5)13-18-11-9-8-10-12-18;1-11(8-9-12(14)15-5)10-16-17(6,7)13(2,3)4/h8-12,17,19-20H,13-16H2,1-7H3;8-9,11H,10H2,1-7H3/b;9-8+/t17-,19?,20?;11-/m01/s1. The summed E-state index contributed by atoms with van der Waals surface area (Å²) in [5, 5.41) is 0.419. The van der Waals surface area contributed by atoms with Gasteiger partial charge >= 0.3 is 11.9 Å². The first-order valence-corrected chi connectivity index (χ1v) is 21.8. The summed E-state index contributed by atoms with van der Waals surface area (Å²) in [7, 11) is -0.592. The lowest BCUT2D eigenvalue weighted by Gasteiger charge is -2.38. The highest BCUT2D eigenvalue weighted by Gasteiger charge is 2.43. The van der Waals surface area contributed by atoms with Crippen molar-refractivity contribution in [3.8, 4) is 0 Å². The van der Waals surface area contributed by atoms with Gasteiger partial charge in [0.1, 0.15) is 0 Å². The second-order valence-corrected chi connectivity index (χ2v) is 25.1. The Balaban J connectivity index is 0.000000493. The van der Waals surface area contributed by atoms with Crippen LogP contribution in [0.4, 0.5) is 0 Å². The van der Waals surface area contributed by atoms with Crippen LogP contribution in [0.5, 0.6) is 0 Å². The SMILES string of the molecule is COC(=O)/C=C/[C@@H](C)CO[Si](C)(C)C(C)(C)C.COC(=O)C1CN(Cc2ccccc2)CC1[C@@H](C)CO[Si](C)(C)C(C)(C)C. The van der Waals surface area contributed by atoms with Crippen molar-refractivity contribution in [2.45, 2.75) is 98.2 Å². The molecule has 4 atom stereocenters. The molecule has 2 unspecified atom stereocenters. The lowest BCUT2D eigenvalue weighted by Crippen LogP contribution is -2.43.